The van der Waals surface area contributed by atoms with Crippen LogP contribution >= 0.6 is 23.6 Å². The van der Waals surface area contributed by atoms with Gasteiger partial charge in [0.15, 0.2) is 11.5 Å². The Kier molecular flexibility index (Phi) is 2.90. The quantitative estimate of drug-likeness (QED) is 0.441. The van der Waals surface area contributed by atoms with Gasteiger partial charge < -0.3 is 0 Å². The van der Waals surface area contributed by atoms with E-state index < -0.39 is 22.1 Å². The van der Waals surface area contributed by atoms with E-state index in [0.29, 0.717) is 3.94 Å². The second-order valence-electron chi connectivity index (χ2n) is 2.10. The summed E-state index contributed by atoms with van der Waals surface area (Å²) < 4.78 is 13.3. The SMILES string of the molecule is O=[N+]([O-])c1cccc(F)c1N(Cl)Cl. The third kappa shape index (κ3) is 1.99. The summed E-state index contributed by atoms with van der Waals surface area (Å²) in [5.74, 6) is -0.848. The summed E-state index contributed by atoms with van der Waals surface area (Å²) in [7, 11) is 0. The fourth-order valence-electron chi connectivity index (χ4n) is 0.819. The van der Waals surface area contributed by atoms with Crippen molar-refractivity contribution in [2.45, 2.75) is 0 Å². The number of halogens is 3. The highest BCUT2D eigenvalue weighted by Crippen LogP contribution is 2.33. The summed E-state index contributed by atoms with van der Waals surface area (Å²) in [6.07, 6.45) is 0. The Morgan fingerprint density at radius 3 is 2.46 bits per heavy atom. The van der Waals surface area contributed by atoms with E-state index in [1.54, 1.807) is 0 Å². The van der Waals surface area contributed by atoms with Gasteiger partial charge in [-0.2, -0.15) is 3.94 Å². The number of anilines is 1. The average molecular weight is 225 g/mol. The molecule has 0 unspecified atom stereocenters. The first kappa shape index (κ1) is 10.0. The Morgan fingerprint density at radius 2 is 2.08 bits per heavy atom. The Morgan fingerprint density at radius 1 is 1.46 bits per heavy atom. The van der Waals surface area contributed by atoms with Crippen LogP contribution in [0.5, 0.6) is 0 Å². The van der Waals surface area contributed by atoms with Crippen molar-refractivity contribution in [2.75, 3.05) is 3.94 Å². The lowest BCUT2D eigenvalue weighted by Gasteiger charge is -2.06. The van der Waals surface area contributed by atoms with Crippen LogP contribution < -0.4 is 3.94 Å². The summed E-state index contributed by atoms with van der Waals surface area (Å²) in [5.41, 5.74) is -0.944. The Bertz CT molecular complexity index is 345. The highest BCUT2D eigenvalue weighted by Gasteiger charge is 2.21. The predicted molar refractivity (Wildman–Crippen MR) is 47.2 cm³/mol. The molecule has 1 aromatic rings. The van der Waals surface area contributed by atoms with Crippen LogP contribution in [0.25, 0.3) is 0 Å². The molecule has 7 heteroatoms. The van der Waals surface area contributed by atoms with E-state index in [2.05, 4.69) is 0 Å². The highest BCUT2D eigenvalue weighted by molar-refractivity contribution is 6.49. The zero-order valence-corrected chi connectivity index (χ0v) is 7.59. The van der Waals surface area contributed by atoms with Crippen molar-refractivity contribution < 1.29 is 9.31 Å². The molecule has 0 radical (unpaired) electrons. The molecule has 0 aliphatic carbocycles. The van der Waals surface area contributed by atoms with Crippen molar-refractivity contribution in [3.8, 4) is 0 Å². The van der Waals surface area contributed by atoms with Gasteiger partial charge in [0.25, 0.3) is 5.69 Å². The fourth-order valence-corrected chi connectivity index (χ4v) is 1.15. The number of nitrogens with zero attached hydrogens (tertiary/aromatic N) is 2. The van der Waals surface area contributed by atoms with Crippen LogP contribution in [0, 0.1) is 15.9 Å². The van der Waals surface area contributed by atoms with Crippen LogP contribution in [-0.4, -0.2) is 4.92 Å². The number of hydrogen-bond acceptors (Lipinski definition) is 3. The van der Waals surface area contributed by atoms with E-state index in [0.717, 1.165) is 12.1 Å². The van der Waals surface area contributed by atoms with Gasteiger partial charge in [0.2, 0.25) is 0 Å². The lowest BCUT2D eigenvalue weighted by atomic mass is 10.2. The van der Waals surface area contributed by atoms with Crippen molar-refractivity contribution in [3.05, 3.63) is 34.1 Å². The molecular weight excluding hydrogens is 222 g/mol. The maximum absolute atomic E-state index is 12.9. The van der Waals surface area contributed by atoms with Crippen molar-refractivity contribution in [1.82, 2.24) is 0 Å². The van der Waals surface area contributed by atoms with Crippen LogP contribution in [0.3, 0.4) is 0 Å². The van der Waals surface area contributed by atoms with Crippen LogP contribution in [0.15, 0.2) is 18.2 Å². The smallest absolute Gasteiger partial charge is 0.258 e. The van der Waals surface area contributed by atoms with Gasteiger partial charge in [0, 0.05) is 29.6 Å². The van der Waals surface area contributed by atoms with Gasteiger partial charge in [0.05, 0.1) is 4.92 Å². The van der Waals surface area contributed by atoms with Crippen LogP contribution in [0.2, 0.25) is 0 Å². The number of hydrogen-bond donors (Lipinski definition) is 0. The third-order valence-electron chi connectivity index (χ3n) is 1.33. The molecule has 0 bridgehead atoms. The molecule has 0 aliphatic rings. The lowest BCUT2D eigenvalue weighted by molar-refractivity contribution is -0.384. The molecule has 1 aromatic carbocycles. The van der Waals surface area contributed by atoms with Gasteiger partial charge in [-0.25, -0.2) is 4.39 Å². The molecule has 0 N–H and O–H groups in total. The molecule has 0 saturated heterocycles. The number of para-hydroxylation sites is 1. The highest BCUT2D eigenvalue weighted by atomic mass is 35.5. The second-order valence-corrected chi connectivity index (χ2v) is 2.95. The van der Waals surface area contributed by atoms with E-state index in [-0.39, 0.29) is 0 Å². The van der Waals surface area contributed by atoms with E-state index in [4.69, 9.17) is 23.6 Å². The molecule has 0 aliphatic heterocycles. The zero-order chi connectivity index (χ0) is 10.0. The van der Waals surface area contributed by atoms with Crippen molar-refractivity contribution in [3.63, 3.8) is 0 Å². The topological polar surface area (TPSA) is 46.4 Å². The first-order chi connectivity index (χ1) is 6.04. The standard InChI is InChI=1S/C6H3Cl2FN2O2/c7-10(8)6-4(9)2-1-3-5(6)11(12)13/h1-3H. The monoisotopic (exact) mass is 224 g/mol. The minimum absolute atomic E-state index is 0.327. The van der Waals surface area contributed by atoms with Crippen LogP contribution in [0.1, 0.15) is 0 Å². The maximum atomic E-state index is 12.9. The van der Waals surface area contributed by atoms with Crippen molar-refractivity contribution in [1.29, 1.82) is 0 Å². The average Bonchev–Trinajstić information content (AvgIpc) is 2.02. The van der Waals surface area contributed by atoms with Gasteiger partial charge in [-0.15, -0.1) is 0 Å². The van der Waals surface area contributed by atoms with Gasteiger partial charge in [-0.05, 0) is 6.07 Å². The van der Waals surface area contributed by atoms with Gasteiger partial charge in [0.1, 0.15) is 0 Å². The lowest BCUT2D eigenvalue weighted by Crippen LogP contribution is -2.01. The molecule has 1 rings (SSSR count). The number of nitro groups is 1. The molecule has 0 amide bonds. The largest absolute Gasteiger partial charge is 0.298 e. The van der Waals surface area contributed by atoms with E-state index >= 15 is 0 Å². The van der Waals surface area contributed by atoms with Gasteiger partial charge in [-0.1, -0.05) is 6.07 Å². The first-order valence-corrected chi connectivity index (χ1v) is 3.76. The summed E-state index contributed by atoms with van der Waals surface area (Å²) in [6.45, 7) is 0. The molecule has 0 heterocycles. The molecule has 0 atom stereocenters. The van der Waals surface area contributed by atoms with Crippen LogP contribution in [0.4, 0.5) is 15.8 Å². The molecule has 0 aromatic heterocycles. The number of benzene rings is 1. The molecule has 0 spiro atoms. The van der Waals surface area contributed by atoms with Crippen molar-refractivity contribution >= 4 is 34.9 Å². The van der Waals surface area contributed by atoms with E-state index in [1.807, 2.05) is 0 Å². The number of rotatable bonds is 2. The van der Waals surface area contributed by atoms with E-state index in [1.165, 1.54) is 6.07 Å². The summed E-state index contributed by atoms with van der Waals surface area (Å²) in [6, 6.07) is 3.34. The summed E-state index contributed by atoms with van der Waals surface area (Å²) >= 11 is 10.4. The maximum Gasteiger partial charge on any atom is 0.298 e. The second kappa shape index (κ2) is 3.76. The summed E-state index contributed by atoms with van der Waals surface area (Å²) in [5, 5.41) is 10.4. The van der Waals surface area contributed by atoms with Crippen molar-refractivity contribution in [2.24, 2.45) is 0 Å². The first-order valence-electron chi connectivity index (χ1n) is 3.08. The minimum atomic E-state index is -0.848. The van der Waals surface area contributed by atoms with Gasteiger partial charge in [-0.3, -0.25) is 10.1 Å². The molecule has 0 saturated carbocycles. The molecular formula is C6H3Cl2FN2O2. The Balaban J connectivity index is 3.34. The normalized spacial score (nSPS) is 9.77. The number of nitro benzene ring substituents is 1. The molecule has 13 heavy (non-hydrogen) atoms. The Hall–Kier alpha value is -1.07. The van der Waals surface area contributed by atoms with E-state index in [9.17, 15) is 14.5 Å². The predicted octanol–water partition coefficient (Wildman–Crippen LogP) is 2.85. The van der Waals surface area contributed by atoms with Crippen LogP contribution in [-0.2, 0) is 0 Å². The third-order valence-corrected chi connectivity index (χ3v) is 1.67. The fraction of sp³-hybridized carbons (Fsp3) is 0. The van der Waals surface area contributed by atoms with Gasteiger partial charge >= 0.3 is 0 Å². The summed E-state index contributed by atoms with van der Waals surface area (Å²) in [4.78, 5) is 9.61. The Labute approximate surface area is 82.8 Å². The zero-order valence-electron chi connectivity index (χ0n) is 6.08. The molecule has 70 valence electrons. The molecule has 0 fully saturated rings. The molecule has 4 nitrogen and oxygen atoms in total. The minimum Gasteiger partial charge on any atom is -0.258 e.